The van der Waals surface area contributed by atoms with Gasteiger partial charge in [-0.25, -0.2) is 0 Å². The molecular formula is C16H23N3O. The molecule has 0 atom stereocenters. The van der Waals surface area contributed by atoms with Crippen molar-refractivity contribution in [3.05, 3.63) is 36.0 Å². The zero-order chi connectivity index (χ0) is 14.5. The Kier molecular flexibility index (Phi) is 4.79. The molecule has 1 amide bonds. The highest BCUT2D eigenvalue weighted by Crippen LogP contribution is 2.18. The molecule has 1 aromatic heterocycles. The second-order valence-electron chi connectivity index (χ2n) is 5.40. The van der Waals surface area contributed by atoms with Crippen LogP contribution in [0.4, 0.5) is 0 Å². The largest absolute Gasteiger partial charge is 0.354 e. The minimum atomic E-state index is 0.105. The quantitative estimate of drug-likeness (QED) is 0.848. The number of fused-ring (bicyclic) bond motifs is 1. The number of hydrogen-bond donors (Lipinski definition) is 2. The first-order chi connectivity index (χ1) is 9.60. The zero-order valence-corrected chi connectivity index (χ0v) is 12.4. The van der Waals surface area contributed by atoms with Gasteiger partial charge >= 0.3 is 0 Å². The topological polar surface area (TPSA) is 46.1 Å². The van der Waals surface area contributed by atoms with Gasteiger partial charge in [0.15, 0.2) is 0 Å². The standard InChI is InChI=1S/C16H23N3O/c1-12(2)18-16(20)7-9-19-8-6-14-5-4-13(11-17-3)10-15(14)19/h4-6,8,10,12,17H,7,9,11H2,1-3H3,(H,18,20). The van der Waals surface area contributed by atoms with Crippen LogP contribution in [0, 0.1) is 0 Å². The lowest BCUT2D eigenvalue weighted by Gasteiger charge is -2.10. The number of carbonyl (C=O) groups is 1. The maximum atomic E-state index is 11.7. The number of amides is 1. The molecule has 0 saturated heterocycles. The SMILES string of the molecule is CNCc1ccc2ccn(CCC(=O)NC(C)C)c2c1. The van der Waals surface area contributed by atoms with E-state index in [-0.39, 0.29) is 11.9 Å². The third-order valence-corrected chi connectivity index (χ3v) is 3.25. The molecule has 4 nitrogen and oxygen atoms in total. The first kappa shape index (κ1) is 14.6. The average Bonchev–Trinajstić information content (AvgIpc) is 2.78. The summed E-state index contributed by atoms with van der Waals surface area (Å²) in [6.07, 6.45) is 2.56. The molecule has 0 unspecified atom stereocenters. The van der Waals surface area contributed by atoms with E-state index in [0.29, 0.717) is 13.0 Å². The minimum Gasteiger partial charge on any atom is -0.354 e. The Labute approximate surface area is 120 Å². The third kappa shape index (κ3) is 3.61. The van der Waals surface area contributed by atoms with Crippen molar-refractivity contribution in [3.8, 4) is 0 Å². The summed E-state index contributed by atoms with van der Waals surface area (Å²) in [6, 6.07) is 8.75. The van der Waals surface area contributed by atoms with Crippen LogP contribution in [0.3, 0.4) is 0 Å². The molecular weight excluding hydrogens is 250 g/mol. The number of benzene rings is 1. The van der Waals surface area contributed by atoms with E-state index in [2.05, 4.69) is 45.7 Å². The van der Waals surface area contributed by atoms with Crippen molar-refractivity contribution in [2.75, 3.05) is 7.05 Å². The van der Waals surface area contributed by atoms with Gasteiger partial charge in [-0.1, -0.05) is 12.1 Å². The summed E-state index contributed by atoms with van der Waals surface area (Å²) >= 11 is 0. The maximum absolute atomic E-state index is 11.7. The van der Waals surface area contributed by atoms with Gasteiger partial charge in [0.2, 0.25) is 5.91 Å². The third-order valence-electron chi connectivity index (χ3n) is 3.25. The van der Waals surface area contributed by atoms with Crippen LogP contribution in [0.2, 0.25) is 0 Å². The normalized spacial score (nSPS) is 11.2. The van der Waals surface area contributed by atoms with Crippen LogP contribution >= 0.6 is 0 Å². The first-order valence-corrected chi connectivity index (χ1v) is 7.12. The molecule has 0 spiro atoms. The lowest BCUT2D eigenvalue weighted by Crippen LogP contribution is -2.30. The number of nitrogens with zero attached hydrogens (tertiary/aromatic N) is 1. The molecule has 0 saturated carbocycles. The number of aryl methyl sites for hydroxylation is 1. The molecule has 2 N–H and O–H groups in total. The summed E-state index contributed by atoms with van der Waals surface area (Å²) in [5.41, 5.74) is 2.45. The lowest BCUT2D eigenvalue weighted by molar-refractivity contribution is -0.121. The molecule has 0 fully saturated rings. The van der Waals surface area contributed by atoms with Crippen molar-refractivity contribution in [1.82, 2.24) is 15.2 Å². The Balaban J connectivity index is 2.09. The predicted octanol–water partition coefficient (Wildman–Crippen LogP) is 2.28. The van der Waals surface area contributed by atoms with E-state index in [1.165, 1.54) is 16.5 Å². The maximum Gasteiger partial charge on any atom is 0.221 e. The van der Waals surface area contributed by atoms with Crippen LogP contribution in [0.5, 0.6) is 0 Å². The fourth-order valence-electron chi connectivity index (χ4n) is 2.35. The summed E-state index contributed by atoms with van der Waals surface area (Å²) in [4.78, 5) is 11.7. The van der Waals surface area contributed by atoms with E-state index in [1.54, 1.807) is 0 Å². The fraction of sp³-hybridized carbons (Fsp3) is 0.438. The number of rotatable bonds is 6. The van der Waals surface area contributed by atoms with Gasteiger partial charge in [-0.3, -0.25) is 4.79 Å². The van der Waals surface area contributed by atoms with Crippen molar-refractivity contribution < 1.29 is 4.79 Å². The molecule has 20 heavy (non-hydrogen) atoms. The van der Waals surface area contributed by atoms with Crippen LogP contribution in [0.25, 0.3) is 10.9 Å². The molecule has 0 radical (unpaired) electrons. The van der Waals surface area contributed by atoms with Gasteiger partial charge in [-0.05, 0) is 44.0 Å². The van der Waals surface area contributed by atoms with Crippen molar-refractivity contribution >= 4 is 16.8 Å². The van der Waals surface area contributed by atoms with E-state index in [9.17, 15) is 4.79 Å². The molecule has 0 aliphatic heterocycles. The molecule has 1 heterocycles. The Morgan fingerprint density at radius 2 is 2.10 bits per heavy atom. The Morgan fingerprint density at radius 3 is 2.80 bits per heavy atom. The van der Waals surface area contributed by atoms with E-state index >= 15 is 0 Å². The van der Waals surface area contributed by atoms with Gasteiger partial charge in [0, 0.05) is 37.3 Å². The van der Waals surface area contributed by atoms with Crippen LogP contribution < -0.4 is 10.6 Å². The molecule has 4 heteroatoms. The van der Waals surface area contributed by atoms with Gasteiger partial charge in [0.25, 0.3) is 0 Å². The van der Waals surface area contributed by atoms with Gasteiger partial charge in [0.05, 0.1) is 0 Å². The first-order valence-electron chi connectivity index (χ1n) is 7.12. The summed E-state index contributed by atoms with van der Waals surface area (Å²) in [7, 11) is 1.94. The minimum absolute atomic E-state index is 0.105. The Bertz CT molecular complexity index is 586. The van der Waals surface area contributed by atoms with Gasteiger partial charge in [0.1, 0.15) is 0 Å². The van der Waals surface area contributed by atoms with E-state index in [4.69, 9.17) is 0 Å². The number of nitrogens with one attached hydrogen (secondary N) is 2. The molecule has 2 aromatic rings. The predicted molar refractivity (Wildman–Crippen MR) is 82.6 cm³/mol. The van der Waals surface area contributed by atoms with Crippen molar-refractivity contribution in [1.29, 1.82) is 0 Å². The van der Waals surface area contributed by atoms with Crippen LogP contribution in [0.15, 0.2) is 30.5 Å². The summed E-state index contributed by atoms with van der Waals surface area (Å²) in [5, 5.41) is 7.30. The molecule has 0 bridgehead atoms. The second-order valence-corrected chi connectivity index (χ2v) is 5.40. The molecule has 0 aliphatic carbocycles. The van der Waals surface area contributed by atoms with Gasteiger partial charge in [-0.2, -0.15) is 0 Å². The summed E-state index contributed by atoms with van der Waals surface area (Å²) < 4.78 is 2.15. The van der Waals surface area contributed by atoms with E-state index in [1.807, 2.05) is 20.9 Å². The van der Waals surface area contributed by atoms with E-state index < -0.39 is 0 Å². The smallest absolute Gasteiger partial charge is 0.221 e. The average molecular weight is 273 g/mol. The van der Waals surface area contributed by atoms with Crippen LogP contribution in [0.1, 0.15) is 25.8 Å². The lowest BCUT2D eigenvalue weighted by atomic mass is 10.1. The van der Waals surface area contributed by atoms with Crippen molar-refractivity contribution in [2.45, 2.75) is 39.4 Å². The number of carbonyl (C=O) groups excluding carboxylic acids is 1. The van der Waals surface area contributed by atoms with Crippen molar-refractivity contribution in [2.24, 2.45) is 0 Å². The molecule has 2 rings (SSSR count). The van der Waals surface area contributed by atoms with Gasteiger partial charge in [-0.15, -0.1) is 0 Å². The van der Waals surface area contributed by atoms with Gasteiger partial charge < -0.3 is 15.2 Å². The number of hydrogen-bond acceptors (Lipinski definition) is 2. The molecule has 1 aromatic carbocycles. The monoisotopic (exact) mass is 273 g/mol. The molecule has 0 aliphatic rings. The zero-order valence-electron chi connectivity index (χ0n) is 12.4. The summed E-state index contributed by atoms with van der Waals surface area (Å²) in [6.45, 7) is 5.53. The highest BCUT2D eigenvalue weighted by atomic mass is 16.1. The van der Waals surface area contributed by atoms with Crippen LogP contribution in [-0.4, -0.2) is 23.6 Å². The highest BCUT2D eigenvalue weighted by molar-refractivity contribution is 5.81. The van der Waals surface area contributed by atoms with Crippen molar-refractivity contribution in [3.63, 3.8) is 0 Å². The highest BCUT2D eigenvalue weighted by Gasteiger charge is 2.06. The Morgan fingerprint density at radius 1 is 1.30 bits per heavy atom. The number of aromatic nitrogens is 1. The summed E-state index contributed by atoms with van der Waals surface area (Å²) in [5.74, 6) is 0.105. The van der Waals surface area contributed by atoms with Crippen LogP contribution in [-0.2, 0) is 17.9 Å². The van der Waals surface area contributed by atoms with E-state index in [0.717, 1.165) is 6.54 Å². The molecule has 108 valence electrons. The second kappa shape index (κ2) is 6.57. The Hall–Kier alpha value is -1.81. The fourth-order valence-corrected chi connectivity index (χ4v) is 2.35.